The number of phenols is 2. The van der Waals surface area contributed by atoms with Crippen LogP contribution in [-0.4, -0.2) is 27.4 Å². The van der Waals surface area contributed by atoms with E-state index in [1.54, 1.807) is 6.07 Å². The third-order valence-corrected chi connectivity index (χ3v) is 4.86. The number of aromatic hydroxyl groups is 2. The van der Waals surface area contributed by atoms with E-state index in [-0.39, 0.29) is 17.5 Å². The number of aliphatic hydroxyl groups excluding tert-OH is 1. The van der Waals surface area contributed by atoms with Gasteiger partial charge in [-0.2, -0.15) is 0 Å². The molecule has 4 nitrogen and oxygen atoms in total. The molecule has 1 saturated heterocycles. The minimum atomic E-state index is -0.684. The Kier molecular flexibility index (Phi) is 5.38. The summed E-state index contributed by atoms with van der Waals surface area (Å²) in [4.78, 5) is 0. The maximum atomic E-state index is 10.6. The van der Waals surface area contributed by atoms with Crippen molar-refractivity contribution in [2.45, 2.75) is 50.3 Å². The van der Waals surface area contributed by atoms with Gasteiger partial charge in [-0.1, -0.05) is 42.8 Å². The SMILES string of the molecule is Oc1ccc(C(O)C2CCCC(CCc3ccccc3)N2)cc1O. The van der Waals surface area contributed by atoms with Gasteiger partial charge in [0.2, 0.25) is 0 Å². The van der Waals surface area contributed by atoms with Crippen molar-refractivity contribution in [2.75, 3.05) is 0 Å². The second-order valence-corrected chi connectivity index (χ2v) is 6.62. The summed E-state index contributed by atoms with van der Waals surface area (Å²) in [7, 11) is 0. The average Bonchev–Trinajstić information content (AvgIpc) is 2.63. The van der Waals surface area contributed by atoms with Gasteiger partial charge in [-0.05, 0) is 48.9 Å². The van der Waals surface area contributed by atoms with Crippen LogP contribution in [0.5, 0.6) is 11.5 Å². The van der Waals surface area contributed by atoms with Crippen molar-refractivity contribution in [2.24, 2.45) is 0 Å². The Bertz CT molecular complexity index is 659. The number of hydrogen-bond acceptors (Lipinski definition) is 4. The summed E-state index contributed by atoms with van der Waals surface area (Å²) in [6.45, 7) is 0. The molecular formula is C20H25NO3. The van der Waals surface area contributed by atoms with E-state index in [2.05, 4.69) is 29.6 Å². The number of aryl methyl sites for hydroxylation is 1. The molecular weight excluding hydrogens is 302 g/mol. The fourth-order valence-corrected chi connectivity index (χ4v) is 3.47. The molecule has 24 heavy (non-hydrogen) atoms. The number of hydrogen-bond donors (Lipinski definition) is 4. The van der Waals surface area contributed by atoms with E-state index in [1.165, 1.54) is 17.7 Å². The Morgan fingerprint density at radius 2 is 1.79 bits per heavy atom. The molecule has 2 aromatic carbocycles. The summed E-state index contributed by atoms with van der Waals surface area (Å²) in [6, 6.07) is 15.3. The molecule has 0 aliphatic carbocycles. The number of phenolic OH excluding ortho intramolecular Hbond substituents is 2. The Labute approximate surface area is 142 Å². The van der Waals surface area contributed by atoms with Gasteiger partial charge in [0.25, 0.3) is 0 Å². The molecule has 128 valence electrons. The number of nitrogens with one attached hydrogen (secondary N) is 1. The molecule has 2 aromatic rings. The molecule has 4 N–H and O–H groups in total. The average molecular weight is 327 g/mol. The number of piperidine rings is 1. The summed E-state index contributed by atoms with van der Waals surface area (Å²) in [6.07, 6.45) is 4.51. The van der Waals surface area contributed by atoms with Crippen LogP contribution in [0.2, 0.25) is 0 Å². The minimum absolute atomic E-state index is 0.0246. The Hall–Kier alpha value is -2.04. The van der Waals surface area contributed by atoms with Crippen molar-refractivity contribution in [1.29, 1.82) is 0 Å². The van der Waals surface area contributed by atoms with Crippen LogP contribution in [0.4, 0.5) is 0 Å². The monoisotopic (exact) mass is 327 g/mol. The summed E-state index contributed by atoms with van der Waals surface area (Å²) in [5, 5.41) is 33.2. The first-order valence-corrected chi connectivity index (χ1v) is 8.63. The summed E-state index contributed by atoms with van der Waals surface area (Å²) in [5.41, 5.74) is 1.97. The molecule has 0 spiro atoms. The molecule has 3 rings (SSSR count). The Morgan fingerprint density at radius 3 is 2.54 bits per heavy atom. The van der Waals surface area contributed by atoms with E-state index >= 15 is 0 Å². The van der Waals surface area contributed by atoms with E-state index in [4.69, 9.17) is 0 Å². The highest BCUT2D eigenvalue weighted by Crippen LogP contribution is 2.31. The fraction of sp³-hybridized carbons (Fsp3) is 0.400. The van der Waals surface area contributed by atoms with Gasteiger partial charge >= 0.3 is 0 Å². The van der Waals surface area contributed by atoms with Crippen LogP contribution in [0.15, 0.2) is 48.5 Å². The van der Waals surface area contributed by atoms with Crippen LogP contribution in [0, 0.1) is 0 Å². The molecule has 1 aliphatic rings. The predicted octanol–water partition coefficient (Wildman–Crippen LogP) is 3.27. The molecule has 0 amide bonds. The molecule has 1 fully saturated rings. The van der Waals surface area contributed by atoms with Crippen molar-refractivity contribution in [3.05, 3.63) is 59.7 Å². The normalized spacial score (nSPS) is 22.2. The highest BCUT2D eigenvalue weighted by Gasteiger charge is 2.27. The topological polar surface area (TPSA) is 72.7 Å². The molecule has 3 unspecified atom stereocenters. The smallest absolute Gasteiger partial charge is 0.157 e. The summed E-state index contributed by atoms with van der Waals surface area (Å²) < 4.78 is 0. The second-order valence-electron chi connectivity index (χ2n) is 6.62. The quantitative estimate of drug-likeness (QED) is 0.636. The third-order valence-electron chi connectivity index (χ3n) is 4.86. The first kappa shape index (κ1) is 16.8. The molecule has 1 heterocycles. The van der Waals surface area contributed by atoms with E-state index in [1.807, 2.05) is 6.07 Å². The largest absolute Gasteiger partial charge is 0.504 e. The minimum Gasteiger partial charge on any atom is -0.504 e. The number of benzene rings is 2. The lowest BCUT2D eigenvalue weighted by atomic mass is 9.89. The van der Waals surface area contributed by atoms with Gasteiger partial charge in [0.05, 0.1) is 6.10 Å². The lowest BCUT2D eigenvalue weighted by molar-refractivity contribution is 0.0997. The molecule has 0 radical (unpaired) electrons. The van der Waals surface area contributed by atoms with Gasteiger partial charge in [0, 0.05) is 12.1 Å². The lowest BCUT2D eigenvalue weighted by Gasteiger charge is -2.34. The van der Waals surface area contributed by atoms with Crippen LogP contribution in [0.1, 0.15) is 42.9 Å². The Balaban J connectivity index is 1.59. The zero-order valence-corrected chi connectivity index (χ0v) is 13.7. The molecule has 0 bridgehead atoms. The molecule has 4 heteroatoms. The molecule has 0 aromatic heterocycles. The van der Waals surface area contributed by atoms with Crippen LogP contribution in [0.25, 0.3) is 0 Å². The molecule has 1 aliphatic heterocycles. The van der Waals surface area contributed by atoms with Crippen LogP contribution in [0.3, 0.4) is 0 Å². The van der Waals surface area contributed by atoms with Gasteiger partial charge < -0.3 is 20.6 Å². The number of aliphatic hydroxyl groups is 1. The molecule has 0 saturated carbocycles. The zero-order valence-electron chi connectivity index (χ0n) is 13.7. The van der Waals surface area contributed by atoms with Crippen LogP contribution < -0.4 is 5.32 Å². The highest BCUT2D eigenvalue weighted by atomic mass is 16.3. The van der Waals surface area contributed by atoms with Crippen molar-refractivity contribution < 1.29 is 15.3 Å². The summed E-state index contributed by atoms with van der Waals surface area (Å²) in [5.74, 6) is -0.355. The zero-order chi connectivity index (χ0) is 16.9. The van der Waals surface area contributed by atoms with E-state index in [0.29, 0.717) is 11.6 Å². The fourth-order valence-electron chi connectivity index (χ4n) is 3.47. The third kappa shape index (κ3) is 4.08. The molecule has 3 atom stereocenters. The lowest BCUT2D eigenvalue weighted by Crippen LogP contribution is -2.45. The second kappa shape index (κ2) is 7.69. The predicted molar refractivity (Wildman–Crippen MR) is 94.1 cm³/mol. The van der Waals surface area contributed by atoms with Gasteiger partial charge in [-0.15, -0.1) is 0 Å². The van der Waals surface area contributed by atoms with E-state index < -0.39 is 6.10 Å². The Morgan fingerprint density at radius 1 is 1.00 bits per heavy atom. The maximum Gasteiger partial charge on any atom is 0.157 e. The maximum absolute atomic E-state index is 10.6. The number of rotatable bonds is 5. The standard InChI is InChI=1S/C20H25NO3/c22-18-12-10-15(13-19(18)23)20(24)17-8-4-7-16(21-17)11-9-14-5-2-1-3-6-14/h1-3,5-6,10,12-13,16-17,20-24H,4,7-9,11H2. The van der Waals surface area contributed by atoms with Crippen molar-refractivity contribution in [1.82, 2.24) is 5.32 Å². The first-order valence-electron chi connectivity index (χ1n) is 8.63. The van der Waals surface area contributed by atoms with Gasteiger partial charge in [-0.25, -0.2) is 0 Å². The van der Waals surface area contributed by atoms with Crippen molar-refractivity contribution in [3.63, 3.8) is 0 Å². The van der Waals surface area contributed by atoms with Crippen molar-refractivity contribution in [3.8, 4) is 11.5 Å². The van der Waals surface area contributed by atoms with Gasteiger partial charge in [-0.3, -0.25) is 0 Å². The van der Waals surface area contributed by atoms with Gasteiger partial charge in [0.15, 0.2) is 11.5 Å². The van der Waals surface area contributed by atoms with Crippen molar-refractivity contribution >= 4 is 0 Å². The highest BCUT2D eigenvalue weighted by molar-refractivity contribution is 5.41. The van der Waals surface area contributed by atoms with Crippen LogP contribution in [-0.2, 0) is 6.42 Å². The summed E-state index contributed by atoms with van der Waals surface area (Å²) >= 11 is 0. The first-order chi connectivity index (χ1) is 11.6. The van der Waals surface area contributed by atoms with E-state index in [9.17, 15) is 15.3 Å². The van der Waals surface area contributed by atoms with Gasteiger partial charge in [0.1, 0.15) is 0 Å². The van der Waals surface area contributed by atoms with Crippen LogP contribution >= 0.6 is 0 Å². The van der Waals surface area contributed by atoms with E-state index in [0.717, 1.165) is 32.1 Å².